The largest absolute Gasteiger partial charge is 0.505 e. The van der Waals surface area contributed by atoms with Crippen LogP contribution in [0, 0.1) is 11.6 Å². The second-order valence-corrected chi connectivity index (χ2v) is 17.3. The van der Waals surface area contributed by atoms with Crippen LogP contribution in [-0.4, -0.2) is 77.8 Å². The summed E-state index contributed by atoms with van der Waals surface area (Å²) in [6.45, 7) is -1.08. The number of phenols is 1. The van der Waals surface area contributed by atoms with E-state index in [2.05, 4.69) is 24.6 Å². The van der Waals surface area contributed by atoms with Gasteiger partial charge in [0, 0.05) is 22.9 Å². The van der Waals surface area contributed by atoms with Crippen LogP contribution in [0.5, 0.6) is 5.75 Å². The standard InChI is InChI=1S/C24H19F2N5O16S5/c25-14-10-19(49(35,36)37)15(26)9-18(14)29-31-23-21(51(41,42)43)8-13-12(24(23)32)2-3-16(27)22(13)30-28-17-4-1-11(7-20(17)50(38,39)40)48(33,34)6-5-47-52(44,45)46/h1-4,7-10,32H,5-6,27H2,(H,35,36,37)(H,38,39,40)(H,41,42,43)(H,44,45,46). The van der Waals surface area contributed by atoms with E-state index in [1.54, 1.807) is 0 Å². The highest BCUT2D eigenvalue weighted by Gasteiger charge is 2.26. The predicted octanol–water partition coefficient (Wildman–Crippen LogP) is 3.57. The van der Waals surface area contributed by atoms with Crippen molar-refractivity contribution in [2.75, 3.05) is 18.1 Å². The Kier molecular flexibility index (Phi) is 10.8. The molecule has 0 saturated heterocycles. The summed E-state index contributed by atoms with van der Waals surface area (Å²) < 4.78 is 188. The molecule has 0 saturated carbocycles. The van der Waals surface area contributed by atoms with Crippen molar-refractivity contribution in [3.63, 3.8) is 0 Å². The summed E-state index contributed by atoms with van der Waals surface area (Å²) in [4.78, 5) is -4.66. The molecule has 0 heterocycles. The zero-order valence-corrected chi connectivity index (χ0v) is 29.0. The maximum absolute atomic E-state index is 14.5. The molecule has 0 radical (unpaired) electrons. The maximum Gasteiger partial charge on any atom is 0.397 e. The molecule has 28 heteroatoms. The number of nitrogens with zero attached hydrogens (tertiary/aromatic N) is 4. The van der Waals surface area contributed by atoms with Gasteiger partial charge in [-0.3, -0.25) is 18.2 Å². The van der Waals surface area contributed by atoms with Gasteiger partial charge in [-0.1, -0.05) is 0 Å². The molecule has 21 nitrogen and oxygen atoms in total. The number of hydrogen-bond donors (Lipinski definition) is 6. The van der Waals surface area contributed by atoms with Gasteiger partial charge in [0.25, 0.3) is 30.4 Å². The van der Waals surface area contributed by atoms with Gasteiger partial charge < -0.3 is 10.8 Å². The third-order valence-electron chi connectivity index (χ3n) is 6.46. The average molecular weight is 832 g/mol. The number of nitrogen functional groups attached to an aromatic ring is 1. The summed E-state index contributed by atoms with van der Waals surface area (Å²) in [6.07, 6.45) is 0. The Bertz CT molecular complexity index is 2780. The molecule has 0 amide bonds. The summed E-state index contributed by atoms with van der Waals surface area (Å²) in [6, 6.07) is 4.83. The van der Waals surface area contributed by atoms with Crippen LogP contribution < -0.4 is 5.73 Å². The van der Waals surface area contributed by atoms with Crippen LogP contribution in [0.1, 0.15) is 0 Å². The van der Waals surface area contributed by atoms with E-state index in [-0.39, 0.29) is 23.2 Å². The first-order chi connectivity index (χ1) is 23.7. The summed E-state index contributed by atoms with van der Waals surface area (Å²) in [5.41, 5.74) is 2.19. The Balaban J connectivity index is 1.86. The van der Waals surface area contributed by atoms with E-state index in [4.69, 9.17) is 14.8 Å². The molecule has 0 unspecified atom stereocenters. The van der Waals surface area contributed by atoms with Gasteiger partial charge in [-0.05, 0) is 36.4 Å². The first-order valence-corrected chi connectivity index (χ1v) is 20.4. The average Bonchev–Trinajstić information content (AvgIpc) is 2.99. The fourth-order valence-corrected chi connectivity index (χ4v) is 7.61. The molecule has 0 atom stereocenters. The van der Waals surface area contributed by atoms with Crippen molar-refractivity contribution in [1.82, 2.24) is 0 Å². The minimum atomic E-state index is -5.39. The molecule has 0 spiro atoms. The first-order valence-electron chi connectivity index (χ1n) is 13.0. The Morgan fingerprint density at radius 1 is 0.615 bits per heavy atom. The second kappa shape index (κ2) is 14.1. The van der Waals surface area contributed by atoms with Crippen molar-refractivity contribution in [3.05, 3.63) is 60.2 Å². The van der Waals surface area contributed by atoms with E-state index < -0.39 is 128 Å². The summed E-state index contributed by atoms with van der Waals surface area (Å²) in [5.74, 6) is -5.46. The van der Waals surface area contributed by atoms with Gasteiger partial charge in [-0.25, -0.2) is 21.4 Å². The lowest BCUT2D eigenvalue weighted by Gasteiger charge is -2.12. The van der Waals surface area contributed by atoms with E-state index in [0.717, 1.165) is 24.3 Å². The monoisotopic (exact) mass is 831 g/mol. The molecule has 0 fully saturated rings. The molecule has 280 valence electrons. The number of rotatable bonds is 12. The quantitative estimate of drug-likeness (QED) is 0.0675. The number of fused-ring (bicyclic) bond motifs is 1. The number of halogens is 2. The Morgan fingerprint density at radius 3 is 1.77 bits per heavy atom. The van der Waals surface area contributed by atoms with E-state index in [9.17, 15) is 65.1 Å². The number of sulfone groups is 1. The molecule has 4 aromatic rings. The number of hydrogen-bond acceptors (Lipinski definition) is 17. The Morgan fingerprint density at radius 2 is 1.19 bits per heavy atom. The van der Waals surface area contributed by atoms with Crippen LogP contribution >= 0.6 is 0 Å². The van der Waals surface area contributed by atoms with Crippen molar-refractivity contribution in [2.45, 2.75) is 19.6 Å². The van der Waals surface area contributed by atoms with Gasteiger partial charge >= 0.3 is 10.4 Å². The number of benzene rings is 4. The summed E-state index contributed by atoms with van der Waals surface area (Å²) >= 11 is 0. The van der Waals surface area contributed by atoms with Gasteiger partial charge in [0.2, 0.25) is 0 Å². The summed E-state index contributed by atoms with van der Waals surface area (Å²) in [5, 5.41) is 24.2. The molecule has 52 heavy (non-hydrogen) atoms. The Hall–Kier alpha value is -4.65. The molecular weight excluding hydrogens is 813 g/mol. The van der Waals surface area contributed by atoms with Crippen LogP contribution in [0.2, 0.25) is 0 Å². The molecule has 4 aromatic carbocycles. The highest BCUT2D eigenvalue weighted by molar-refractivity contribution is 7.91. The highest BCUT2D eigenvalue weighted by Crippen LogP contribution is 2.46. The van der Waals surface area contributed by atoms with Crippen LogP contribution in [-0.2, 0) is 54.8 Å². The fourth-order valence-electron chi connectivity index (χ4n) is 4.17. The van der Waals surface area contributed by atoms with E-state index in [0.29, 0.717) is 12.1 Å². The van der Waals surface area contributed by atoms with Gasteiger partial charge in [0.05, 0.1) is 22.9 Å². The smallest absolute Gasteiger partial charge is 0.397 e. The lowest BCUT2D eigenvalue weighted by atomic mass is 10.1. The SMILES string of the molecule is Nc1ccc2c(O)c(N=Nc3cc(F)c(S(=O)(=O)O)cc3F)c(S(=O)(=O)O)cc2c1N=Nc1ccc(S(=O)(=O)CCOS(=O)(=O)O)cc1S(=O)(=O)O. The zero-order valence-electron chi connectivity index (χ0n) is 24.9. The van der Waals surface area contributed by atoms with Gasteiger partial charge in [-0.2, -0.15) is 33.7 Å². The molecule has 7 N–H and O–H groups in total. The van der Waals surface area contributed by atoms with Crippen molar-refractivity contribution < 1.29 is 78.4 Å². The highest BCUT2D eigenvalue weighted by atomic mass is 32.3. The minimum absolute atomic E-state index is 0.0334. The third kappa shape index (κ3) is 9.04. The van der Waals surface area contributed by atoms with Crippen molar-refractivity contribution >= 4 is 89.8 Å². The fraction of sp³-hybridized carbons (Fsp3) is 0.0833. The molecule has 0 aromatic heterocycles. The number of anilines is 1. The topological polar surface area (TPSA) is 357 Å². The summed E-state index contributed by atoms with van der Waals surface area (Å²) in [7, 11) is -25.4. The lowest BCUT2D eigenvalue weighted by Crippen LogP contribution is -2.16. The van der Waals surface area contributed by atoms with Crippen molar-refractivity contribution in [1.29, 1.82) is 0 Å². The predicted molar refractivity (Wildman–Crippen MR) is 170 cm³/mol. The molecule has 0 aliphatic rings. The molecule has 4 rings (SSSR count). The molecule has 0 bridgehead atoms. The minimum Gasteiger partial charge on any atom is -0.505 e. The normalized spacial score (nSPS) is 13.4. The zero-order chi connectivity index (χ0) is 39.2. The van der Waals surface area contributed by atoms with Crippen LogP contribution in [0.25, 0.3) is 10.8 Å². The van der Waals surface area contributed by atoms with E-state index in [1.165, 1.54) is 0 Å². The number of nitrogens with two attached hydrogens (primary N) is 1. The molecule has 0 aliphatic heterocycles. The molecular formula is C24H19F2N5O16S5. The Labute approximate surface area is 291 Å². The van der Waals surface area contributed by atoms with Crippen LogP contribution in [0.15, 0.2) is 88.6 Å². The van der Waals surface area contributed by atoms with Gasteiger partial charge in [0.1, 0.15) is 43.3 Å². The number of phenolic OH excluding ortho intramolecular Hbond substituents is 1. The van der Waals surface area contributed by atoms with E-state index >= 15 is 0 Å². The van der Waals surface area contributed by atoms with Crippen molar-refractivity contribution in [3.8, 4) is 5.75 Å². The second-order valence-electron chi connectivity index (χ2n) is 9.93. The first kappa shape index (κ1) is 40.1. The van der Waals surface area contributed by atoms with Gasteiger partial charge in [-0.15, -0.1) is 20.5 Å². The van der Waals surface area contributed by atoms with Crippen LogP contribution in [0.3, 0.4) is 0 Å². The van der Waals surface area contributed by atoms with Gasteiger partial charge in [0.15, 0.2) is 21.4 Å². The van der Waals surface area contributed by atoms with Crippen molar-refractivity contribution in [2.24, 2.45) is 20.5 Å². The third-order valence-corrected chi connectivity index (χ3v) is 11.2. The number of aromatic hydroxyl groups is 1. The number of azo groups is 2. The van der Waals surface area contributed by atoms with Crippen LogP contribution in [0.4, 0.5) is 37.2 Å². The molecule has 0 aliphatic carbocycles. The maximum atomic E-state index is 14.5. The lowest BCUT2D eigenvalue weighted by molar-refractivity contribution is 0.284. The van der Waals surface area contributed by atoms with E-state index in [1.807, 2.05) is 0 Å².